The Hall–Kier alpha value is -1.80. The molecule has 0 fully saturated rings. The molecule has 0 rings (SSSR count). The molecule has 4 atom stereocenters. The van der Waals surface area contributed by atoms with Gasteiger partial charge in [-0.1, -0.05) is 20.3 Å². The van der Waals surface area contributed by atoms with Crippen LogP contribution >= 0.6 is 0 Å². The first-order valence-electron chi connectivity index (χ1n) is 7.23. The third-order valence-corrected chi connectivity index (χ3v) is 3.50. The van der Waals surface area contributed by atoms with Gasteiger partial charge < -0.3 is 21.9 Å². The number of nitrogens with one attached hydrogen (secondary N) is 1. The zero-order valence-corrected chi connectivity index (χ0v) is 13.2. The van der Waals surface area contributed by atoms with Gasteiger partial charge >= 0.3 is 5.97 Å². The van der Waals surface area contributed by atoms with Crippen molar-refractivity contribution in [3.63, 3.8) is 0 Å². The number of carbonyl (C=O) groups is 4. The Morgan fingerprint density at radius 2 is 1.64 bits per heavy atom. The van der Waals surface area contributed by atoms with Gasteiger partial charge in [0.1, 0.15) is 0 Å². The average Bonchev–Trinajstić information content (AvgIpc) is 2.47. The molecule has 8 heteroatoms. The molecule has 126 valence electrons. The molecule has 8 nitrogen and oxygen atoms in total. The lowest BCUT2D eigenvalue weighted by Crippen LogP contribution is -2.53. The number of Topliss-reactive ketones (excluding diaryl/α,β-unsaturated/α-hetero) is 2. The van der Waals surface area contributed by atoms with Crippen molar-refractivity contribution in [2.45, 2.75) is 58.2 Å². The van der Waals surface area contributed by atoms with Gasteiger partial charge in [-0.2, -0.15) is 0 Å². The summed E-state index contributed by atoms with van der Waals surface area (Å²) in [6, 6.07) is -3.08. The first-order chi connectivity index (χ1) is 10.1. The van der Waals surface area contributed by atoms with Crippen molar-refractivity contribution in [1.29, 1.82) is 0 Å². The van der Waals surface area contributed by atoms with Gasteiger partial charge in [0.15, 0.2) is 0 Å². The molecule has 0 aromatic rings. The summed E-state index contributed by atoms with van der Waals surface area (Å²) in [5.41, 5.74) is 11.1. The van der Waals surface area contributed by atoms with E-state index in [9.17, 15) is 19.2 Å². The van der Waals surface area contributed by atoms with E-state index in [2.05, 4.69) is 5.32 Å². The molecule has 0 saturated heterocycles. The fourth-order valence-electron chi connectivity index (χ4n) is 1.71. The van der Waals surface area contributed by atoms with E-state index in [1.54, 1.807) is 6.92 Å². The monoisotopic (exact) mass is 315 g/mol. The van der Waals surface area contributed by atoms with Crippen molar-refractivity contribution in [3.8, 4) is 0 Å². The van der Waals surface area contributed by atoms with E-state index in [4.69, 9.17) is 16.6 Å². The molecule has 0 spiro atoms. The Balaban J connectivity index is 5.01. The number of amides is 1. The van der Waals surface area contributed by atoms with Crippen molar-refractivity contribution >= 4 is 23.4 Å². The number of carboxylic acids is 1. The summed E-state index contributed by atoms with van der Waals surface area (Å²) in [7, 11) is 0. The summed E-state index contributed by atoms with van der Waals surface area (Å²) in [5, 5.41) is 11.1. The van der Waals surface area contributed by atoms with Crippen LogP contribution in [0.2, 0.25) is 0 Å². The van der Waals surface area contributed by atoms with E-state index in [0.29, 0.717) is 6.42 Å². The van der Waals surface area contributed by atoms with E-state index < -0.39 is 41.6 Å². The van der Waals surface area contributed by atoms with Crippen LogP contribution in [0, 0.1) is 5.92 Å². The fraction of sp³-hybridized carbons (Fsp3) is 0.714. The minimum atomic E-state index is -1.22. The second-order valence-corrected chi connectivity index (χ2v) is 5.42. The molecule has 0 aliphatic rings. The van der Waals surface area contributed by atoms with Crippen LogP contribution in [0.3, 0.4) is 0 Å². The highest BCUT2D eigenvalue weighted by Gasteiger charge is 2.31. The van der Waals surface area contributed by atoms with E-state index in [1.807, 2.05) is 6.92 Å². The molecule has 0 unspecified atom stereocenters. The zero-order chi connectivity index (χ0) is 17.4. The smallest absolute Gasteiger partial charge is 0.303 e. The lowest BCUT2D eigenvalue weighted by Gasteiger charge is -2.22. The Bertz CT molecular complexity index is 436. The molecule has 0 aromatic carbocycles. The van der Waals surface area contributed by atoms with E-state index >= 15 is 0 Å². The van der Waals surface area contributed by atoms with Gasteiger partial charge in [0.05, 0.1) is 18.1 Å². The van der Waals surface area contributed by atoms with Crippen molar-refractivity contribution < 1.29 is 24.3 Å². The van der Waals surface area contributed by atoms with E-state index in [0.717, 1.165) is 0 Å². The quantitative estimate of drug-likeness (QED) is 0.385. The number of hydrogen-bond donors (Lipinski definition) is 4. The lowest BCUT2D eigenvalue weighted by molar-refractivity contribution is -0.141. The van der Waals surface area contributed by atoms with Crippen molar-refractivity contribution in [2.24, 2.45) is 17.4 Å². The third-order valence-electron chi connectivity index (χ3n) is 3.50. The maximum absolute atomic E-state index is 12.0. The summed E-state index contributed by atoms with van der Waals surface area (Å²) < 4.78 is 0. The number of carboxylic acid groups (broad SMARTS) is 1. The van der Waals surface area contributed by atoms with Gasteiger partial charge in [0.2, 0.25) is 17.5 Å². The fourth-order valence-corrected chi connectivity index (χ4v) is 1.71. The lowest BCUT2D eigenvalue weighted by atomic mass is 9.96. The SMILES string of the molecule is CC[C@H](C)[C@H](N)C(=O)N[C@@H](CCC(=O)O)C(=O)C(=O)[C@H](C)N. The van der Waals surface area contributed by atoms with Crippen LogP contribution in [0.25, 0.3) is 0 Å². The normalized spacial score (nSPS) is 16.2. The molecule has 6 N–H and O–H groups in total. The third kappa shape index (κ3) is 6.31. The highest BCUT2D eigenvalue weighted by atomic mass is 16.4. The first kappa shape index (κ1) is 20.2. The van der Waals surface area contributed by atoms with Crippen LogP contribution < -0.4 is 16.8 Å². The second-order valence-electron chi connectivity index (χ2n) is 5.42. The molecule has 0 bridgehead atoms. The highest BCUT2D eigenvalue weighted by molar-refractivity contribution is 6.41. The van der Waals surface area contributed by atoms with Gasteiger partial charge in [-0.15, -0.1) is 0 Å². The molecule has 1 amide bonds. The largest absolute Gasteiger partial charge is 0.481 e. The van der Waals surface area contributed by atoms with Crippen molar-refractivity contribution in [3.05, 3.63) is 0 Å². The average molecular weight is 315 g/mol. The summed E-state index contributed by atoms with van der Waals surface area (Å²) in [5.74, 6) is -3.59. The summed E-state index contributed by atoms with van der Waals surface area (Å²) in [4.78, 5) is 46.3. The van der Waals surface area contributed by atoms with Gasteiger partial charge in [0, 0.05) is 6.42 Å². The van der Waals surface area contributed by atoms with Crippen molar-refractivity contribution in [2.75, 3.05) is 0 Å². The maximum atomic E-state index is 12.0. The van der Waals surface area contributed by atoms with Crippen LogP contribution in [0.4, 0.5) is 0 Å². The number of aliphatic carboxylic acids is 1. The second kappa shape index (κ2) is 9.26. The Kier molecular flexibility index (Phi) is 8.51. The van der Waals surface area contributed by atoms with E-state index in [1.165, 1.54) is 6.92 Å². The molecule has 0 saturated carbocycles. The Morgan fingerprint density at radius 1 is 1.09 bits per heavy atom. The predicted molar refractivity (Wildman–Crippen MR) is 79.9 cm³/mol. The predicted octanol–water partition coefficient (Wildman–Crippen LogP) is -0.805. The summed E-state index contributed by atoms with van der Waals surface area (Å²) in [6.45, 7) is 5.00. The topological polar surface area (TPSA) is 153 Å². The van der Waals surface area contributed by atoms with Crippen LogP contribution in [0.5, 0.6) is 0 Å². The molecule has 0 aromatic heterocycles. The minimum Gasteiger partial charge on any atom is -0.481 e. The van der Waals surface area contributed by atoms with Crippen LogP contribution in [0.1, 0.15) is 40.0 Å². The van der Waals surface area contributed by atoms with Crippen LogP contribution in [-0.2, 0) is 19.2 Å². The number of hydrogen-bond acceptors (Lipinski definition) is 6. The van der Waals surface area contributed by atoms with Gasteiger partial charge in [0.25, 0.3) is 0 Å². The molecule has 0 aliphatic carbocycles. The van der Waals surface area contributed by atoms with Crippen LogP contribution in [0.15, 0.2) is 0 Å². The van der Waals surface area contributed by atoms with Crippen molar-refractivity contribution in [1.82, 2.24) is 5.32 Å². The number of ketones is 2. The first-order valence-corrected chi connectivity index (χ1v) is 7.23. The van der Waals surface area contributed by atoms with Crippen LogP contribution in [-0.4, -0.2) is 46.7 Å². The number of nitrogens with two attached hydrogens (primary N) is 2. The summed E-state index contributed by atoms with van der Waals surface area (Å²) >= 11 is 0. The van der Waals surface area contributed by atoms with Gasteiger partial charge in [-0.3, -0.25) is 19.2 Å². The van der Waals surface area contributed by atoms with E-state index in [-0.39, 0.29) is 18.8 Å². The Labute approximate surface area is 129 Å². The highest BCUT2D eigenvalue weighted by Crippen LogP contribution is 2.07. The zero-order valence-electron chi connectivity index (χ0n) is 13.2. The molecule has 22 heavy (non-hydrogen) atoms. The minimum absolute atomic E-state index is 0.112. The molecular formula is C14H25N3O5. The summed E-state index contributed by atoms with van der Waals surface area (Å²) in [6.07, 6.45) is 0.119. The Morgan fingerprint density at radius 3 is 2.05 bits per heavy atom. The van der Waals surface area contributed by atoms with Gasteiger partial charge in [-0.25, -0.2) is 0 Å². The molecule has 0 radical (unpaired) electrons. The number of rotatable bonds is 10. The molecule has 0 aliphatic heterocycles. The molecule has 0 heterocycles. The van der Waals surface area contributed by atoms with Gasteiger partial charge in [-0.05, 0) is 19.3 Å². The maximum Gasteiger partial charge on any atom is 0.303 e. The molecular weight excluding hydrogens is 290 g/mol. The number of carbonyl (C=O) groups excluding carboxylic acids is 3. The standard InChI is InChI=1S/C14H25N3O5/c1-4-7(2)11(16)14(22)17-9(5-6-10(18)19)13(21)12(20)8(3)15/h7-9,11H,4-6,15-16H2,1-3H3,(H,17,22)(H,18,19)/t7-,8-,9-,11-/m0/s1.